The van der Waals surface area contributed by atoms with Crippen LogP contribution in [0.15, 0.2) is 29.1 Å². The number of H-pyrrole nitrogens is 1. The van der Waals surface area contributed by atoms with E-state index in [1.54, 1.807) is 25.1 Å². The molecule has 0 radical (unpaired) electrons. The number of benzene rings is 1. The third-order valence-electron chi connectivity index (χ3n) is 3.92. The zero-order valence-corrected chi connectivity index (χ0v) is 14.4. The quantitative estimate of drug-likeness (QED) is 0.753. The fourth-order valence-corrected chi connectivity index (χ4v) is 2.55. The van der Waals surface area contributed by atoms with E-state index in [1.807, 2.05) is 13.8 Å². The number of aryl methyl sites for hydroxylation is 3. The molecule has 2 aromatic heterocycles. The van der Waals surface area contributed by atoms with Crippen LogP contribution in [0.5, 0.6) is 0 Å². The van der Waals surface area contributed by atoms with Gasteiger partial charge in [-0.15, -0.1) is 0 Å². The molecule has 0 saturated heterocycles. The SMILES string of the molecule is Cc1nc(CCNC(=O)c2ccc3nc(C)c(C)nc3c2)cc(=O)[nH]1. The molecule has 1 aromatic carbocycles. The van der Waals surface area contributed by atoms with Crippen molar-refractivity contribution in [3.05, 3.63) is 63.1 Å². The summed E-state index contributed by atoms with van der Waals surface area (Å²) < 4.78 is 0. The molecule has 2 heterocycles. The molecule has 0 atom stereocenters. The maximum absolute atomic E-state index is 12.3. The highest BCUT2D eigenvalue weighted by Crippen LogP contribution is 2.14. The highest BCUT2D eigenvalue weighted by atomic mass is 16.1. The number of aromatic amines is 1. The molecule has 0 bridgehead atoms. The Bertz CT molecular complexity index is 1010. The predicted octanol–water partition coefficient (Wildman–Crippen LogP) is 1.61. The Balaban J connectivity index is 1.69. The Hall–Kier alpha value is -3.09. The summed E-state index contributed by atoms with van der Waals surface area (Å²) in [5.41, 5.74) is 4.18. The first-order valence-corrected chi connectivity index (χ1v) is 8.02. The van der Waals surface area contributed by atoms with Gasteiger partial charge in [0.15, 0.2) is 0 Å². The largest absolute Gasteiger partial charge is 0.352 e. The molecule has 7 heteroatoms. The van der Waals surface area contributed by atoms with E-state index in [0.29, 0.717) is 35.6 Å². The van der Waals surface area contributed by atoms with Gasteiger partial charge in [0.25, 0.3) is 11.5 Å². The van der Waals surface area contributed by atoms with E-state index >= 15 is 0 Å². The minimum atomic E-state index is -0.191. The number of nitrogens with zero attached hydrogens (tertiary/aromatic N) is 3. The second-order valence-corrected chi connectivity index (χ2v) is 5.93. The van der Waals surface area contributed by atoms with Crippen molar-refractivity contribution in [2.24, 2.45) is 0 Å². The fraction of sp³-hybridized carbons (Fsp3) is 0.278. The zero-order chi connectivity index (χ0) is 18.0. The van der Waals surface area contributed by atoms with Gasteiger partial charge >= 0.3 is 0 Å². The number of hydrogen-bond donors (Lipinski definition) is 2. The molecule has 7 nitrogen and oxygen atoms in total. The second-order valence-electron chi connectivity index (χ2n) is 5.93. The van der Waals surface area contributed by atoms with E-state index in [4.69, 9.17) is 0 Å². The lowest BCUT2D eigenvalue weighted by Crippen LogP contribution is -2.26. The molecule has 0 saturated carbocycles. The summed E-state index contributed by atoms with van der Waals surface area (Å²) in [6, 6.07) is 6.71. The molecule has 0 aliphatic carbocycles. The molecule has 3 rings (SSSR count). The van der Waals surface area contributed by atoms with Gasteiger partial charge in [-0.05, 0) is 39.0 Å². The summed E-state index contributed by atoms with van der Waals surface area (Å²) in [7, 11) is 0. The van der Waals surface area contributed by atoms with Crippen molar-refractivity contribution >= 4 is 16.9 Å². The molecule has 2 N–H and O–H groups in total. The highest BCUT2D eigenvalue weighted by molar-refractivity contribution is 5.97. The molecular weight excluding hydrogens is 318 g/mol. The van der Waals surface area contributed by atoms with E-state index in [2.05, 4.69) is 25.3 Å². The third kappa shape index (κ3) is 3.88. The average Bonchev–Trinajstić information content (AvgIpc) is 2.54. The molecule has 0 fully saturated rings. The van der Waals surface area contributed by atoms with Crippen LogP contribution in [0.2, 0.25) is 0 Å². The summed E-state index contributed by atoms with van der Waals surface area (Å²) >= 11 is 0. The maximum Gasteiger partial charge on any atom is 0.251 e. The lowest BCUT2D eigenvalue weighted by molar-refractivity contribution is 0.0954. The van der Waals surface area contributed by atoms with Gasteiger partial charge in [-0.25, -0.2) is 15.0 Å². The fourth-order valence-electron chi connectivity index (χ4n) is 2.55. The molecule has 0 aliphatic heterocycles. The summed E-state index contributed by atoms with van der Waals surface area (Å²) in [4.78, 5) is 39.5. The molecule has 0 unspecified atom stereocenters. The van der Waals surface area contributed by atoms with Crippen molar-refractivity contribution in [3.8, 4) is 0 Å². The van der Waals surface area contributed by atoms with Gasteiger partial charge in [0.1, 0.15) is 5.82 Å². The van der Waals surface area contributed by atoms with Gasteiger partial charge < -0.3 is 10.3 Å². The van der Waals surface area contributed by atoms with E-state index < -0.39 is 0 Å². The lowest BCUT2D eigenvalue weighted by atomic mass is 10.1. The first kappa shape index (κ1) is 16.8. The highest BCUT2D eigenvalue weighted by Gasteiger charge is 2.09. The summed E-state index contributed by atoms with van der Waals surface area (Å²) in [5, 5.41) is 2.84. The Morgan fingerprint density at radius 2 is 1.76 bits per heavy atom. The van der Waals surface area contributed by atoms with Crippen molar-refractivity contribution in [1.29, 1.82) is 0 Å². The number of nitrogens with one attached hydrogen (secondary N) is 2. The normalized spacial score (nSPS) is 10.8. The molecule has 0 aliphatic rings. The predicted molar refractivity (Wildman–Crippen MR) is 94.6 cm³/mol. The van der Waals surface area contributed by atoms with Crippen LogP contribution in [0.3, 0.4) is 0 Å². The van der Waals surface area contributed by atoms with Crippen molar-refractivity contribution in [2.45, 2.75) is 27.2 Å². The van der Waals surface area contributed by atoms with E-state index in [0.717, 1.165) is 16.9 Å². The molecule has 1 amide bonds. The van der Waals surface area contributed by atoms with Crippen LogP contribution in [0.4, 0.5) is 0 Å². The first-order valence-electron chi connectivity index (χ1n) is 8.02. The molecule has 0 spiro atoms. The Morgan fingerprint density at radius 3 is 2.48 bits per heavy atom. The van der Waals surface area contributed by atoms with Crippen LogP contribution in [-0.4, -0.2) is 32.4 Å². The minimum Gasteiger partial charge on any atom is -0.352 e. The van der Waals surface area contributed by atoms with Gasteiger partial charge in [0.2, 0.25) is 0 Å². The number of fused-ring (bicyclic) bond motifs is 1. The number of hydrogen-bond acceptors (Lipinski definition) is 5. The number of aromatic nitrogens is 4. The Labute approximate surface area is 144 Å². The van der Waals surface area contributed by atoms with Gasteiger partial charge in [0.05, 0.1) is 22.4 Å². The summed E-state index contributed by atoms with van der Waals surface area (Å²) in [6.45, 7) is 5.92. The molecule has 25 heavy (non-hydrogen) atoms. The van der Waals surface area contributed by atoms with Gasteiger partial charge in [-0.1, -0.05) is 0 Å². The van der Waals surface area contributed by atoms with Crippen molar-refractivity contribution < 1.29 is 4.79 Å². The van der Waals surface area contributed by atoms with E-state index in [9.17, 15) is 9.59 Å². The number of carbonyl (C=O) groups is 1. The van der Waals surface area contributed by atoms with Crippen LogP contribution >= 0.6 is 0 Å². The zero-order valence-electron chi connectivity index (χ0n) is 14.4. The smallest absolute Gasteiger partial charge is 0.251 e. The molecule has 128 valence electrons. The second kappa shape index (κ2) is 6.80. The lowest BCUT2D eigenvalue weighted by Gasteiger charge is -2.07. The topological polar surface area (TPSA) is 101 Å². The first-order chi connectivity index (χ1) is 11.9. The number of carbonyl (C=O) groups excluding carboxylic acids is 1. The van der Waals surface area contributed by atoms with Crippen LogP contribution < -0.4 is 10.9 Å². The van der Waals surface area contributed by atoms with Crippen LogP contribution in [0, 0.1) is 20.8 Å². The van der Waals surface area contributed by atoms with Crippen molar-refractivity contribution in [1.82, 2.24) is 25.3 Å². The van der Waals surface area contributed by atoms with Crippen LogP contribution in [-0.2, 0) is 6.42 Å². The number of amides is 1. The van der Waals surface area contributed by atoms with Crippen molar-refractivity contribution in [3.63, 3.8) is 0 Å². The van der Waals surface area contributed by atoms with Gasteiger partial charge in [0, 0.05) is 30.3 Å². The Kier molecular flexibility index (Phi) is 4.56. The van der Waals surface area contributed by atoms with Crippen molar-refractivity contribution in [2.75, 3.05) is 6.54 Å². The van der Waals surface area contributed by atoms with Gasteiger partial charge in [-0.2, -0.15) is 0 Å². The van der Waals surface area contributed by atoms with E-state index in [1.165, 1.54) is 6.07 Å². The summed E-state index contributed by atoms with van der Waals surface area (Å²) in [5.74, 6) is 0.371. The standard InChI is InChI=1S/C18H19N5O2/c1-10-11(2)21-16-8-13(4-5-15(16)20-10)18(25)19-7-6-14-9-17(24)23-12(3)22-14/h4-5,8-9H,6-7H2,1-3H3,(H,19,25)(H,22,23,24). The third-order valence-corrected chi connectivity index (χ3v) is 3.92. The Morgan fingerprint density at radius 1 is 1.04 bits per heavy atom. The average molecular weight is 337 g/mol. The van der Waals surface area contributed by atoms with Crippen LogP contribution in [0.25, 0.3) is 11.0 Å². The molecule has 3 aromatic rings. The van der Waals surface area contributed by atoms with Crippen LogP contribution in [0.1, 0.15) is 33.3 Å². The van der Waals surface area contributed by atoms with Gasteiger partial charge in [-0.3, -0.25) is 9.59 Å². The monoisotopic (exact) mass is 337 g/mol. The van der Waals surface area contributed by atoms with E-state index in [-0.39, 0.29) is 11.5 Å². The molecular formula is C18H19N5O2. The summed E-state index contributed by atoms with van der Waals surface area (Å²) in [6.07, 6.45) is 0.488. The maximum atomic E-state index is 12.3. The number of rotatable bonds is 4. The minimum absolute atomic E-state index is 0.187.